The number of amides is 1. The molecule has 0 radical (unpaired) electrons. The number of carbonyl (C=O) groups excluding carboxylic acids is 1. The number of carbonyl (C=O) groups is 1. The Morgan fingerprint density at radius 2 is 1.80 bits per heavy atom. The van der Waals surface area contributed by atoms with Gasteiger partial charge in [-0.2, -0.15) is 0 Å². The molecule has 1 saturated heterocycles. The summed E-state index contributed by atoms with van der Waals surface area (Å²) < 4.78 is 0. The normalized spacial score (nSPS) is 26.6. The van der Waals surface area contributed by atoms with Gasteiger partial charge in [0.05, 0.1) is 6.04 Å². The molecule has 2 fully saturated rings. The average Bonchev–Trinajstić information content (AvgIpc) is 3.18. The van der Waals surface area contributed by atoms with E-state index in [1.54, 1.807) is 0 Å². The van der Waals surface area contributed by atoms with Crippen LogP contribution in [0.25, 0.3) is 0 Å². The van der Waals surface area contributed by atoms with Gasteiger partial charge in [0, 0.05) is 19.0 Å². The average molecular weight is 272 g/mol. The quantitative estimate of drug-likeness (QED) is 0.916. The molecule has 1 aromatic rings. The molecule has 0 spiro atoms. The molecule has 2 atom stereocenters. The van der Waals surface area contributed by atoms with Gasteiger partial charge in [-0.25, -0.2) is 0 Å². The third-order valence-corrected chi connectivity index (χ3v) is 4.36. The van der Waals surface area contributed by atoms with Crippen LogP contribution in [0.3, 0.4) is 0 Å². The smallest absolute Gasteiger partial charge is 0.224 e. The second kappa shape index (κ2) is 5.21. The third kappa shape index (κ3) is 2.59. The lowest BCUT2D eigenvalue weighted by atomic mass is 9.98. The van der Waals surface area contributed by atoms with E-state index in [2.05, 4.69) is 38.1 Å². The van der Waals surface area contributed by atoms with Crippen LogP contribution in [0.2, 0.25) is 0 Å². The minimum Gasteiger partial charge on any atom is -0.334 e. The second-order valence-electron chi connectivity index (χ2n) is 6.69. The summed E-state index contributed by atoms with van der Waals surface area (Å²) >= 11 is 0. The van der Waals surface area contributed by atoms with Gasteiger partial charge in [-0.3, -0.25) is 4.79 Å². The summed E-state index contributed by atoms with van der Waals surface area (Å²) in [7, 11) is 0. The van der Waals surface area contributed by atoms with Gasteiger partial charge in [0.2, 0.25) is 5.91 Å². The minimum absolute atomic E-state index is 0.0538. The SMILES string of the molecule is CC(C)CN1C(=O)CC(N)C1c1ccc(C2CC2)cc1. The number of likely N-dealkylation sites (tertiary alicyclic amines) is 1. The highest BCUT2D eigenvalue weighted by molar-refractivity contribution is 5.80. The molecule has 1 saturated carbocycles. The van der Waals surface area contributed by atoms with Crippen LogP contribution in [0.5, 0.6) is 0 Å². The summed E-state index contributed by atoms with van der Waals surface area (Å²) in [5.41, 5.74) is 8.84. The van der Waals surface area contributed by atoms with Crippen molar-refractivity contribution >= 4 is 5.91 Å². The third-order valence-electron chi connectivity index (χ3n) is 4.36. The van der Waals surface area contributed by atoms with Gasteiger partial charge < -0.3 is 10.6 Å². The summed E-state index contributed by atoms with van der Waals surface area (Å²) in [4.78, 5) is 14.1. The maximum atomic E-state index is 12.1. The monoisotopic (exact) mass is 272 g/mol. The van der Waals surface area contributed by atoms with Gasteiger partial charge >= 0.3 is 0 Å². The first-order chi connectivity index (χ1) is 9.56. The Bertz CT molecular complexity index is 490. The van der Waals surface area contributed by atoms with E-state index in [1.165, 1.54) is 24.0 Å². The number of benzene rings is 1. The first-order valence-electron chi connectivity index (χ1n) is 7.71. The molecule has 2 N–H and O–H groups in total. The lowest BCUT2D eigenvalue weighted by Gasteiger charge is -2.29. The molecule has 3 nitrogen and oxygen atoms in total. The Hall–Kier alpha value is -1.35. The van der Waals surface area contributed by atoms with Crippen LogP contribution in [0, 0.1) is 5.92 Å². The number of hydrogen-bond donors (Lipinski definition) is 1. The van der Waals surface area contributed by atoms with Gasteiger partial charge in [0.1, 0.15) is 0 Å². The fraction of sp³-hybridized carbons (Fsp3) is 0.588. The van der Waals surface area contributed by atoms with Crippen LogP contribution < -0.4 is 5.73 Å². The Balaban J connectivity index is 1.83. The summed E-state index contributed by atoms with van der Waals surface area (Å²) in [6.07, 6.45) is 3.11. The van der Waals surface area contributed by atoms with Crippen molar-refractivity contribution in [3.05, 3.63) is 35.4 Å². The van der Waals surface area contributed by atoms with Crippen LogP contribution in [-0.2, 0) is 4.79 Å². The zero-order chi connectivity index (χ0) is 14.3. The highest BCUT2D eigenvalue weighted by Crippen LogP contribution is 2.41. The molecule has 1 amide bonds. The van der Waals surface area contributed by atoms with E-state index in [4.69, 9.17) is 5.73 Å². The lowest BCUT2D eigenvalue weighted by Crippen LogP contribution is -2.35. The van der Waals surface area contributed by atoms with Crippen molar-refractivity contribution in [3.63, 3.8) is 0 Å². The molecule has 2 unspecified atom stereocenters. The predicted octanol–water partition coefficient (Wildman–Crippen LogP) is 2.82. The highest BCUT2D eigenvalue weighted by Gasteiger charge is 2.38. The van der Waals surface area contributed by atoms with E-state index in [-0.39, 0.29) is 18.0 Å². The van der Waals surface area contributed by atoms with Gasteiger partial charge in [-0.05, 0) is 35.8 Å². The van der Waals surface area contributed by atoms with Crippen molar-refractivity contribution in [2.45, 2.75) is 51.1 Å². The van der Waals surface area contributed by atoms with Crippen molar-refractivity contribution < 1.29 is 4.79 Å². The van der Waals surface area contributed by atoms with E-state index in [0.717, 1.165) is 12.5 Å². The number of nitrogens with zero attached hydrogens (tertiary/aromatic N) is 1. The predicted molar refractivity (Wildman–Crippen MR) is 80.3 cm³/mol. The van der Waals surface area contributed by atoms with Crippen molar-refractivity contribution in [2.24, 2.45) is 11.7 Å². The van der Waals surface area contributed by atoms with E-state index in [1.807, 2.05) is 4.90 Å². The maximum Gasteiger partial charge on any atom is 0.224 e. The Morgan fingerprint density at radius 3 is 2.35 bits per heavy atom. The van der Waals surface area contributed by atoms with Crippen LogP contribution in [0.1, 0.15) is 56.2 Å². The topological polar surface area (TPSA) is 46.3 Å². The summed E-state index contributed by atoms with van der Waals surface area (Å²) in [6.45, 7) is 5.08. The lowest BCUT2D eigenvalue weighted by molar-refractivity contribution is -0.129. The van der Waals surface area contributed by atoms with Crippen LogP contribution in [0.4, 0.5) is 0 Å². The van der Waals surface area contributed by atoms with Crippen molar-refractivity contribution in [1.82, 2.24) is 4.90 Å². The summed E-state index contributed by atoms with van der Waals surface area (Å²) in [5.74, 6) is 1.44. The fourth-order valence-corrected chi connectivity index (χ4v) is 3.23. The molecule has 108 valence electrons. The Morgan fingerprint density at radius 1 is 1.20 bits per heavy atom. The van der Waals surface area contributed by atoms with E-state index in [9.17, 15) is 4.79 Å². The molecule has 3 rings (SSSR count). The van der Waals surface area contributed by atoms with E-state index < -0.39 is 0 Å². The molecule has 0 bridgehead atoms. The standard InChI is InChI=1S/C17H24N2O/c1-11(2)10-19-16(20)9-15(18)17(19)14-7-5-13(6-8-14)12-3-4-12/h5-8,11-12,15,17H,3-4,9-10,18H2,1-2H3. The van der Waals surface area contributed by atoms with Crippen LogP contribution >= 0.6 is 0 Å². The fourth-order valence-electron chi connectivity index (χ4n) is 3.23. The molecule has 0 aromatic heterocycles. The van der Waals surface area contributed by atoms with E-state index >= 15 is 0 Å². The minimum atomic E-state index is -0.0759. The first-order valence-corrected chi connectivity index (χ1v) is 7.71. The Labute approximate surface area is 121 Å². The van der Waals surface area contributed by atoms with Gasteiger partial charge in [-0.1, -0.05) is 38.1 Å². The molecular formula is C17H24N2O. The van der Waals surface area contributed by atoms with Gasteiger partial charge in [0.25, 0.3) is 0 Å². The van der Waals surface area contributed by atoms with E-state index in [0.29, 0.717) is 12.3 Å². The Kier molecular flexibility index (Phi) is 3.55. The molecule has 20 heavy (non-hydrogen) atoms. The summed E-state index contributed by atoms with van der Waals surface area (Å²) in [5, 5.41) is 0. The number of hydrogen-bond acceptors (Lipinski definition) is 2. The summed E-state index contributed by atoms with van der Waals surface area (Å²) in [6, 6.07) is 8.76. The van der Waals surface area contributed by atoms with Gasteiger partial charge in [-0.15, -0.1) is 0 Å². The molecule has 1 aliphatic heterocycles. The zero-order valence-corrected chi connectivity index (χ0v) is 12.4. The second-order valence-corrected chi connectivity index (χ2v) is 6.69. The van der Waals surface area contributed by atoms with Crippen LogP contribution in [-0.4, -0.2) is 23.4 Å². The van der Waals surface area contributed by atoms with Crippen molar-refractivity contribution in [3.8, 4) is 0 Å². The first kappa shape index (κ1) is 13.6. The largest absolute Gasteiger partial charge is 0.334 e. The molecule has 1 aliphatic carbocycles. The molecule has 1 heterocycles. The maximum absolute atomic E-state index is 12.1. The van der Waals surface area contributed by atoms with Crippen LogP contribution in [0.15, 0.2) is 24.3 Å². The zero-order valence-electron chi connectivity index (χ0n) is 12.4. The molecule has 3 heteroatoms. The molecular weight excluding hydrogens is 248 g/mol. The highest BCUT2D eigenvalue weighted by atomic mass is 16.2. The number of nitrogens with two attached hydrogens (primary N) is 1. The van der Waals surface area contributed by atoms with Crippen molar-refractivity contribution in [2.75, 3.05) is 6.54 Å². The number of rotatable bonds is 4. The molecule has 2 aliphatic rings. The van der Waals surface area contributed by atoms with Gasteiger partial charge in [0.15, 0.2) is 0 Å². The van der Waals surface area contributed by atoms with Crippen molar-refractivity contribution in [1.29, 1.82) is 0 Å². The molecule has 1 aromatic carbocycles.